The molecule has 6 heteroatoms. The van der Waals surface area contributed by atoms with Gasteiger partial charge in [0, 0.05) is 24.7 Å². The van der Waals surface area contributed by atoms with Gasteiger partial charge >= 0.3 is 0 Å². The van der Waals surface area contributed by atoms with Crippen LogP contribution in [0.4, 0.5) is 14.6 Å². The Morgan fingerprint density at radius 1 is 1.24 bits per heavy atom. The van der Waals surface area contributed by atoms with Crippen molar-refractivity contribution in [1.82, 2.24) is 9.78 Å². The van der Waals surface area contributed by atoms with Crippen LogP contribution in [0.5, 0.6) is 5.75 Å². The third-order valence-corrected chi connectivity index (χ3v) is 2.43. The maximum absolute atomic E-state index is 13.6. The predicted molar refractivity (Wildman–Crippen MR) is 59.5 cm³/mol. The molecule has 0 radical (unpaired) electrons. The van der Waals surface area contributed by atoms with E-state index in [0.717, 1.165) is 6.07 Å². The van der Waals surface area contributed by atoms with E-state index in [1.165, 1.54) is 23.9 Å². The average molecular weight is 239 g/mol. The summed E-state index contributed by atoms with van der Waals surface area (Å²) in [6.45, 7) is 0. The molecule has 0 aliphatic heterocycles. The Hall–Kier alpha value is -2.11. The Kier molecular flexibility index (Phi) is 2.71. The first-order valence-electron chi connectivity index (χ1n) is 4.86. The molecule has 0 saturated heterocycles. The highest BCUT2D eigenvalue weighted by atomic mass is 19.1. The smallest absolute Gasteiger partial charge is 0.168 e. The summed E-state index contributed by atoms with van der Waals surface area (Å²) in [7, 11) is 2.95. The molecule has 1 heterocycles. The number of ether oxygens (including phenoxy) is 1. The largest absolute Gasteiger partial charge is 0.494 e. The number of aromatic nitrogens is 2. The predicted octanol–water partition coefficient (Wildman–Crippen LogP) is 1.96. The first kappa shape index (κ1) is 11.4. The number of nitrogen functional groups attached to an aromatic ring is 1. The SMILES string of the molecule is COc1cc(-c2cc(N)n(C)n2)c(F)cc1F. The highest BCUT2D eigenvalue weighted by molar-refractivity contribution is 5.64. The third-order valence-electron chi connectivity index (χ3n) is 2.43. The molecule has 17 heavy (non-hydrogen) atoms. The molecule has 2 rings (SSSR count). The van der Waals surface area contributed by atoms with Crippen LogP contribution < -0.4 is 10.5 Å². The molecule has 0 amide bonds. The maximum atomic E-state index is 13.6. The van der Waals surface area contributed by atoms with Gasteiger partial charge in [-0.05, 0) is 6.07 Å². The summed E-state index contributed by atoms with van der Waals surface area (Å²) in [6, 6.07) is 3.53. The number of benzene rings is 1. The number of methoxy groups -OCH3 is 1. The van der Waals surface area contributed by atoms with Crippen molar-refractivity contribution in [2.75, 3.05) is 12.8 Å². The molecule has 2 N–H and O–H groups in total. The number of hydrogen-bond donors (Lipinski definition) is 1. The zero-order valence-electron chi connectivity index (χ0n) is 9.37. The molecule has 90 valence electrons. The standard InChI is InChI=1S/C11H11F2N3O/c1-16-11(14)5-9(15-16)6-3-10(17-2)8(13)4-7(6)12/h3-5H,14H2,1-2H3. The van der Waals surface area contributed by atoms with Gasteiger partial charge in [0.15, 0.2) is 11.6 Å². The quantitative estimate of drug-likeness (QED) is 0.871. The summed E-state index contributed by atoms with van der Waals surface area (Å²) in [5.41, 5.74) is 6.08. The Morgan fingerprint density at radius 2 is 1.94 bits per heavy atom. The molecule has 0 atom stereocenters. The van der Waals surface area contributed by atoms with Crippen molar-refractivity contribution in [2.24, 2.45) is 7.05 Å². The van der Waals surface area contributed by atoms with Gasteiger partial charge in [0.05, 0.1) is 12.8 Å². The number of nitrogens with two attached hydrogens (primary N) is 1. The Bertz CT molecular complexity index is 547. The van der Waals surface area contributed by atoms with Crippen molar-refractivity contribution in [3.8, 4) is 17.0 Å². The van der Waals surface area contributed by atoms with Crippen LogP contribution in [0.1, 0.15) is 0 Å². The highest BCUT2D eigenvalue weighted by Gasteiger charge is 2.14. The van der Waals surface area contributed by atoms with Crippen molar-refractivity contribution in [2.45, 2.75) is 0 Å². The van der Waals surface area contributed by atoms with Gasteiger partial charge in [-0.15, -0.1) is 0 Å². The van der Waals surface area contributed by atoms with Crippen LogP contribution in [0.15, 0.2) is 18.2 Å². The molecular weight excluding hydrogens is 228 g/mol. The summed E-state index contributed by atoms with van der Waals surface area (Å²) in [4.78, 5) is 0. The molecule has 0 aliphatic rings. The van der Waals surface area contributed by atoms with Gasteiger partial charge < -0.3 is 10.5 Å². The Morgan fingerprint density at radius 3 is 2.47 bits per heavy atom. The molecule has 0 unspecified atom stereocenters. The lowest BCUT2D eigenvalue weighted by molar-refractivity contribution is 0.384. The van der Waals surface area contributed by atoms with Crippen LogP contribution in [0, 0.1) is 11.6 Å². The van der Waals surface area contributed by atoms with E-state index in [-0.39, 0.29) is 11.3 Å². The highest BCUT2D eigenvalue weighted by Crippen LogP contribution is 2.29. The van der Waals surface area contributed by atoms with E-state index < -0.39 is 11.6 Å². The van der Waals surface area contributed by atoms with Crippen LogP contribution in [-0.4, -0.2) is 16.9 Å². The van der Waals surface area contributed by atoms with Crippen molar-refractivity contribution < 1.29 is 13.5 Å². The zero-order chi connectivity index (χ0) is 12.6. The lowest BCUT2D eigenvalue weighted by Crippen LogP contribution is -1.97. The minimum absolute atomic E-state index is 0.0365. The van der Waals surface area contributed by atoms with Gasteiger partial charge in [0.2, 0.25) is 0 Å². The monoisotopic (exact) mass is 239 g/mol. The second-order valence-corrected chi connectivity index (χ2v) is 3.54. The Labute approximate surface area is 96.6 Å². The van der Waals surface area contributed by atoms with Crippen LogP contribution in [0.25, 0.3) is 11.3 Å². The molecule has 0 bridgehead atoms. The molecule has 0 saturated carbocycles. The number of halogens is 2. The summed E-state index contributed by atoms with van der Waals surface area (Å²) in [5, 5.41) is 4.02. The zero-order valence-corrected chi connectivity index (χ0v) is 9.37. The van der Waals surface area contributed by atoms with E-state index in [9.17, 15) is 8.78 Å². The van der Waals surface area contributed by atoms with Gasteiger partial charge in [0.25, 0.3) is 0 Å². The first-order valence-corrected chi connectivity index (χ1v) is 4.86. The average Bonchev–Trinajstić information content (AvgIpc) is 2.59. The van der Waals surface area contributed by atoms with Gasteiger partial charge in [-0.2, -0.15) is 5.10 Å². The van der Waals surface area contributed by atoms with Gasteiger partial charge in [0.1, 0.15) is 11.6 Å². The van der Waals surface area contributed by atoms with Crippen LogP contribution in [0.3, 0.4) is 0 Å². The third kappa shape index (κ3) is 1.93. The van der Waals surface area contributed by atoms with Crippen LogP contribution in [-0.2, 0) is 7.05 Å². The van der Waals surface area contributed by atoms with Gasteiger partial charge in [-0.3, -0.25) is 4.68 Å². The van der Waals surface area contributed by atoms with E-state index in [1.54, 1.807) is 7.05 Å². The molecule has 0 aliphatic carbocycles. The van der Waals surface area contributed by atoms with Gasteiger partial charge in [-0.25, -0.2) is 8.78 Å². The summed E-state index contributed by atoms with van der Waals surface area (Å²) in [5.74, 6) is -1.10. The fraction of sp³-hybridized carbons (Fsp3) is 0.182. The second kappa shape index (κ2) is 4.04. The topological polar surface area (TPSA) is 53.1 Å². The number of aryl methyl sites for hydroxylation is 1. The van der Waals surface area contributed by atoms with Crippen molar-refractivity contribution in [3.63, 3.8) is 0 Å². The number of hydrogen-bond acceptors (Lipinski definition) is 3. The molecule has 1 aromatic carbocycles. The minimum atomic E-state index is -0.752. The van der Waals surface area contributed by atoms with Crippen molar-refractivity contribution >= 4 is 5.82 Å². The molecule has 4 nitrogen and oxygen atoms in total. The molecule has 2 aromatic rings. The minimum Gasteiger partial charge on any atom is -0.494 e. The lowest BCUT2D eigenvalue weighted by Gasteiger charge is -2.05. The van der Waals surface area contributed by atoms with Crippen molar-refractivity contribution in [1.29, 1.82) is 0 Å². The Balaban J connectivity index is 2.58. The van der Waals surface area contributed by atoms with E-state index in [2.05, 4.69) is 5.10 Å². The number of anilines is 1. The first-order chi connectivity index (χ1) is 8.02. The molecule has 1 aromatic heterocycles. The molecular formula is C11H11F2N3O. The normalized spacial score (nSPS) is 10.6. The maximum Gasteiger partial charge on any atom is 0.168 e. The summed E-state index contributed by atoms with van der Waals surface area (Å²) < 4.78 is 33.0. The van der Waals surface area contributed by atoms with E-state index in [4.69, 9.17) is 10.5 Å². The molecule has 0 fully saturated rings. The van der Waals surface area contributed by atoms with Crippen LogP contribution >= 0.6 is 0 Å². The van der Waals surface area contributed by atoms with Crippen molar-refractivity contribution in [3.05, 3.63) is 29.8 Å². The second-order valence-electron chi connectivity index (χ2n) is 3.54. The fourth-order valence-electron chi connectivity index (χ4n) is 1.50. The van der Waals surface area contributed by atoms with Crippen LogP contribution in [0.2, 0.25) is 0 Å². The van der Waals surface area contributed by atoms with Gasteiger partial charge in [-0.1, -0.05) is 0 Å². The molecule has 0 spiro atoms. The van der Waals surface area contributed by atoms with E-state index >= 15 is 0 Å². The summed E-state index contributed by atoms with van der Waals surface area (Å²) in [6.07, 6.45) is 0. The van der Waals surface area contributed by atoms with E-state index in [0.29, 0.717) is 11.5 Å². The van der Waals surface area contributed by atoms with E-state index in [1.807, 2.05) is 0 Å². The lowest BCUT2D eigenvalue weighted by atomic mass is 10.1. The number of rotatable bonds is 2. The number of nitrogens with zero attached hydrogens (tertiary/aromatic N) is 2. The summed E-state index contributed by atoms with van der Waals surface area (Å²) >= 11 is 0. The fourth-order valence-corrected chi connectivity index (χ4v) is 1.50.